The molecule has 1 aliphatic heterocycles. The van der Waals surface area contributed by atoms with Crippen LogP contribution in [0.3, 0.4) is 0 Å². The molecule has 0 aliphatic carbocycles. The molecule has 0 saturated carbocycles. The first kappa shape index (κ1) is 15.9. The Balaban J connectivity index is 1.75. The lowest BCUT2D eigenvalue weighted by Crippen LogP contribution is -2.34. The van der Waals surface area contributed by atoms with Crippen LogP contribution >= 0.6 is 0 Å². The number of imide groups is 1. The number of methoxy groups -OCH3 is 2. The summed E-state index contributed by atoms with van der Waals surface area (Å²) < 4.78 is 10.2. The summed E-state index contributed by atoms with van der Waals surface area (Å²) in [6.07, 6.45) is 0.122. The number of rotatable bonds is 5. The SMILES string of the molecule is COc1ccc(NC2CC(=O)N(c3ccc(OC)cc3)C2=O)cc1. The molecular weight excluding hydrogens is 308 g/mol. The average molecular weight is 326 g/mol. The predicted octanol–water partition coefficient (Wildman–Crippen LogP) is 2.45. The van der Waals surface area contributed by atoms with Gasteiger partial charge in [0.2, 0.25) is 5.91 Å². The fraction of sp³-hybridized carbons (Fsp3) is 0.222. The van der Waals surface area contributed by atoms with E-state index in [4.69, 9.17) is 9.47 Å². The Morgan fingerprint density at radius 3 is 2.00 bits per heavy atom. The molecular formula is C18H18N2O4. The van der Waals surface area contributed by atoms with Crippen molar-refractivity contribution in [3.05, 3.63) is 48.5 Å². The Hall–Kier alpha value is -3.02. The van der Waals surface area contributed by atoms with Crippen molar-refractivity contribution in [1.29, 1.82) is 0 Å². The molecule has 0 aromatic heterocycles. The summed E-state index contributed by atoms with van der Waals surface area (Å²) in [6.45, 7) is 0. The largest absolute Gasteiger partial charge is 0.497 e. The zero-order valence-corrected chi connectivity index (χ0v) is 13.5. The summed E-state index contributed by atoms with van der Waals surface area (Å²) in [6, 6.07) is 13.5. The van der Waals surface area contributed by atoms with Gasteiger partial charge in [-0.3, -0.25) is 9.59 Å². The van der Waals surface area contributed by atoms with Crippen LogP contribution in [0.5, 0.6) is 11.5 Å². The topological polar surface area (TPSA) is 67.9 Å². The van der Waals surface area contributed by atoms with Crippen LogP contribution in [0.4, 0.5) is 11.4 Å². The highest BCUT2D eigenvalue weighted by molar-refractivity contribution is 6.23. The summed E-state index contributed by atoms with van der Waals surface area (Å²) in [7, 11) is 3.16. The smallest absolute Gasteiger partial charge is 0.256 e. The van der Waals surface area contributed by atoms with E-state index in [9.17, 15) is 9.59 Å². The highest BCUT2D eigenvalue weighted by Gasteiger charge is 2.39. The molecule has 1 fully saturated rings. The van der Waals surface area contributed by atoms with Gasteiger partial charge in [0, 0.05) is 5.69 Å². The van der Waals surface area contributed by atoms with E-state index in [1.54, 1.807) is 50.6 Å². The molecule has 1 N–H and O–H groups in total. The summed E-state index contributed by atoms with van der Waals surface area (Å²) in [5.74, 6) is 0.914. The van der Waals surface area contributed by atoms with Crippen LogP contribution in [-0.2, 0) is 9.59 Å². The third kappa shape index (κ3) is 3.03. The third-order valence-corrected chi connectivity index (χ3v) is 3.91. The van der Waals surface area contributed by atoms with Gasteiger partial charge in [0.15, 0.2) is 0 Å². The van der Waals surface area contributed by atoms with Crippen molar-refractivity contribution in [2.75, 3.05) is 24.4 Å². The van der Waals surface area contributed by atoms with Crippen molar-refractivity contribution in [2.24, 2.45) is 0 Å². The number of hydrogen-bond acceptors (Lipinski definition) is 5. The van der Waals surface area contributed by atoms with Crippen LogP contribution in [-0.4, -0.2) is 32.1 Å². The van der Waals surface area contributed by atoms with Crippen molar-refractivity contribution in [1.82, 2.24) is 0 Å². The number of carbonyl (C=O) groups is 2. The maximum Gasteiger partial charge on any atom is 0.256 e. The van der Waals surface area contributed by atoms with Crippen LogP contribution in [0.1, 0.15) is 6.42 Å². The number of hydrogen-bond donors (Lipinski definition) is 1. The standard InChI is InChI=1S/C18H18N2O4/c1-23-14-7-3-12(4-8-14)19-16-11-17(21)20(18(16)22)13-5-9-15(24-2)10-6-13/h3-10,16,19H,11H2,1-2H3. The second kappa shape index (κ2) is 6.62. The molecule has 124 valence electrons. The number of carbonyl (C=O) groups excluding carboxylic acids is 2. The Kier molecular flexibility index (Phi) is 4.37. The molecule has 1 aliphatic rings. The van der Waals surface area contributed by atoms with E-state index in [1.807, 2.05) is 12.1 Å². The molecule has 2 amide bonds. The molecule has 2 aromatic rings. The van der Waals surface area contributed by atoms with Crippen molar-refractivity contribution in [2.45, 2.75) is 12.5 Å². The molecule has 0 spiro atoms. The van der Waals surface area contributed by atoms with Gasteiger partial charge in [-0.25, -0.2) is 4.90 Å². The van der Waals surface area contributed by atoms with Gasteiger partial charge in [-0.2, -0.15) is 0 Å². The number of ether oxygens (including phenoxy) is 2. The van der Waals surface area contributed by atoms with Crippen LogP contribution in [0, 0.1) is 0 Å². The van der Waals surface area contributed by atoms with Crippen molar-refractivity contribution >= 4 is 23.2 Å². The molecule has 0 radical (unpaired) electrons. The maximum absolute atomic E-state index is 12.6. The first-order valence-electron chi connectivity index (χ1n) is 7.54. The normalized spacial score (nSPS) is 17.1. The van der Waals surface area contributed by atoms with Crippen molar-refractivity contribution < 1.29 is 19.1 Å². The molecule has 1 atom stereocenters. The van der Waals surface area contributed by atoms with Gasteiger partial charge >= 0.3 is 0 Å². The van der Waals surface area contributed by atoms with Gasteiger partial charge in [0.25, 0.3) is 5.91 Å². The van der Waals surface area contributed by atoms with E-state index in [-0.39, 0.29) is 18.2 Å². The maximum atomic E-state index is 12.6. The predicted molar refractivity (Wildman–Crippen MR) is 90.5 cm³/mol. The highest BCUT2D eigenvalue weighted by atomic mass is 16.5. The number of nitrogens with zero attached hydrogens (tertiary/aromatic N) is 1. The van der Waals surface area contributed by atoms with Crippen LogP contribution in [0.15, 0.2) is 48.5 Å². The number of nitrogens with one attached hydrogen (secondary N) is 1. The first-order valence-corrected chi connectivity index (χ1v) is 7.54. The summed E-state index contributed by atoms with van der Waals surface area (Å²) in [4.78, 5) is 26.0. The molecule has 6 heteroatoms. The Bertz CT molecular complexity index is 741. The molecule has 0 bridgehead atoms. The van der Waals surface area contributed by atoms with Gasteiger partial charge in [-0.05, 0) is 48.5 Å². The molecule has 1 saturated heterocycles. The summed E-state index contributed by atoms with van der Waals surface area (Å²) in [5, 5.41) is 3.10. The monoisotopic (exact) mass is 326 g/mol. The van der Waals surface area contributed by atoms with Gasteiger partial charge < -0.3 is 14.8 Å². The molecule has 2 aromatic carbocycles. The van der Waals surface area contributed by atoms with Gasteiger partial charge in [-0.1, -0.05) is 0 Å². The minimum absolute atomic E-state index is 0.122. The third-order valence-electron chi connectivity index (χ3n) is 3.91. The van der Waals surface area contributed by atoms with E-state index in [2.05, 4.69) is 5.32 Å². The fourth-order valence-electron chi connectivity index (χ4n) is 2.64. The van der Waals surface area contributed by atoms with Crippen LogP contribution in [0.2, 0.25) is 0 Å². The zero-order chi connectivity index (χ0) is 17.1. The van der Waals surface area contributed by atoms with E-state index in [1.165, 1.54) is 4.90 Å². The van der Waals surface area contributed by atoms with Crippen LogP contribution < -0.4 is 19.7 Å². The number of amides is 2. The number of anilines is 2. The van der Waals surface area contributed by atoms with Gasteiger partial charge in [0.1, 0.15) is 17.5 Å². The lowest BCUT2D eigenvalue weighted by atomic mass is 10.2. The quantitative estimate of drug-likeness (QED) is 0.855. The first-order chi connectivity index (χ1) is 11.6. The minimum Gasteiger partial charge on any atom is -0.497 e. The van der Waals surface area contributed by atoms with Crippen molar-refractivity contribution in [3.63, 3.8) is 0 Å². The Labute approximate surface area is 140 Å². The second-order valence-corrected chi connectivity index (χ2v) is 5.39. The molecule has 1 heterocycles. The fourth-order valence-corrected chi connectivity index (χ4v) is 2.64. The Morgan fingerprint density at radius 2 is 1.46 bits per heavy atom. The highest BCUT2D eigenvalue weighted by Crippen LogP contribution is 2.27. The zero-order valence-electron chi connectivity index (χ0n) is 13.5. The van der Waals surface area contributed by atoms with Gasteiger partial charge in [-0.15, -0.1) is 0 Å². The summed E-state index contributed by atoms with van der Waals surface area (Å²) in [5.41, 5.74) is 1.31. The molecule has 1 unspecified atom stereocenters. The molecule has 6 nitrogen and oxygen atoms in total. The average Bonchev–Trinajstić information content (AvgIpc) is 2.89. The second-order valence-electron chi connectivity index (χ2n) is 5.39. The molecule has 3 rings (SSSR count). The van der Waals surface area contributed by atoms with E-state index in [0.717, 1.165) is 11.4 Å². The molecule has 24 heavy (non-hydrogen) atoms. The minimum atomic E-state index is -0.576. The lowest BCUT2D eigenvalue weighted by Gasteiger charge is -2.16. The van der Waals surface area contributed by atoms with Crippen LogP contribution in [0.25, 0.3) is 0 Å². The van der Waals surface area contributed by atoms with E-state index < -0.39 is 6.04 Å². The van der Waals surface area contributed by atoms with E-state index >= 15 is 0 Å². The van der Waals surface area contributed by atoms with Crippen molar-refractivity contribution in [3.8, 4) is 11.5 Å². The van der Waals surface area contributed by atoms with Gasteiger partial charge in [0.05, 0.1) is 26.3 Å². The lowest BCUT2D eigenvalue weighted by molar-refractivity contribution is -0.121. The van der Waals surface area contributed by atoms with E-state index in [0.29, 0.717) is 11.4 Å². The Morgan fingerprint density at radius 1 is 0.917 bits per heavy atom. The number of benzene rings is 2. The summed E-state index contributed by atoms with van der Waals surface area (Å²) >= 11 is 0.